The molecule has 1 aromatic carbocycles. The van der Waals surface area contributed by atoms with E-state index < -0.39 is 5.54 Å². The highest BCUT2D eigenvalue weighted by Crippen LogP contribution is 2.20. The van der Waals surface area contributed by atoms with Gasteiger partial charge in [-0.15, -0.1) is 24.8 Å². The van der Waals surface area contributed by atoms with Gasteiger partial charge in [0.2, 0.25) is 5.91 Å². The molecule has 5 nitrogen and oxygen atoms in total. The lowest BCUT2D eigenvalue weighted by Gasteiger charge is -2.29. The van der Waals surface area contributed by atoms with E-state index in [4.69, 9.17) is 5.73 Å². The Morgan fingerprint density at radius 3 is 2.41 bits per heavy atom. The third-order valence-corrected chi connectivity index (χ3v) is 3.34. The van der Waals surface area contributed by atoms with Crippen molar-refractivity contribution in [2.24, 2.45) is 12.8 Å². The summed E-state index contributed by atoms with van der Waals surface area (Å²) in [6.45, 7) is 2.23. The number of rotatable bonds is 4. The van der Waals surface area contributed by atoms with Gasteiger partial charge in [-0.25, -0.2) is 0 Å². The highest BCUT2D eigenvalue weighted by molar-refractivity contribution is 5.87. The van der Waals surface area contributed by atoms with Crippen molar-refractivity contribution in [3.8, 4) is 0 Å². The third kappa shape index (κ3) is 4.47. The molecule has 0 saturated heterocycles. The second kappa shape index (κ2) is 8.17. The monoisotopic (exact) mass is 344 g/mol. The first-order valence-corrected chi connectivity index (χ1v) is 6.49. The fourth-order valence-electron chi connectivity index (χ4n) is 2.20. The van der Waals surface area contributed by atoms with Crippen LogP contribution >= 0.6 is 24.8 Å². The zero-order chi connectivity index (χ0) is 14.8. The summed E-state index contributed by atoms with van der Waals surface area (Å²) < 4.78 is 1.71. The number of nitrogens with zero attached hydrogens (tertiary/aromatic N) is 3. The lowest BCUT2D eigenvalue weighted by atomic mass is 9.91. The van der Waals surface area contributed by atoms with Crippen molar-refractivity contribution in [3.05, 3.63) is 53.9 Å². The van der Waals surface area contributed by atoms with Crippen LogP contribution in [0.5, 0.6) is 0 Å². The highest BCUT2D eigenvalue weighted by atomic mass is 35.5. The van der Waals surface area contributed by atoms with Crippen LogP contribution in [0.1, 0.15) is 18.1 Å². The fourth-order valence-corrected chi connectivity index (χ4v) is 2.20. The van der Waals surface area contributed by atoms with Gasteiger partial charge in [0.05, 0.1) is 6.20 Å². The molecule has 1 amide bonds. The maximum absolute atomic E-state index is 12.6. The number of carbonyl (C=O) groups excluding carboxylic acids is 1. The lowest BCUT2D eigenvalue weighted by Crippen LogP contribution is -2.49. The molecule has 122 valence electrons. The lowest BCUT2D eigenvalue weighted by molar-refractivity contribution is -0.136. The van der Waals surface area contributed by atoms with E-state index in [-0.39, 0.29) is 30.7 Å². The van der Waals surface area contributed by atoms with Crippen molar-refractivity contribution < 1.29 is 4.79 Å². The van der Waals surface area contributed by atoms with Gasteiger partial charge in [-0.3, -0.25) is 9.48 Å². The van der Waals surface area contributed by atoms with Crippen LogP contribution < -0.4 is 5.73 Å². The van der Waals surface area contributed by atoms with E-state index in [2.05, 4.69) is 5.10 Å². The maximum atomic E-state index is 12.6. The molecule has 22 heavy (non-hydrogen) atoms. The molecule has 0 spiro atoms. The summed E-state index contributed by atoms with van der Waals surface area (Å²) in [5.41, 5.74) is 6.99. The number of aromatic nitrogens is 2. The third-order valence-electron chi connectivity index (χ3n) is 3.34. The molecule has 0 saturated carbocycles. The van der Waals surface area contributed by atoms with Gasteiger partial charge in [-0.2, -0.15) is 5.10 Å². The van der Waals surface area contributed by atoms with Gasteiger partial charge in [0, 0.05) is 32.4 Å². The summed E-state index contributed by atoms with van der Waals surface area (Å²) in [5, 5.41) is 4.10. The minimum absolute atomic E-state index is 0. The molecule has 0 radical (unpaired) electrons. The number of likely N-dealkylation sites (N-methyl/N-ethyl adjacent to an activating group) is 1. The van der Waals surface area contributed by atoms with Gasteiger partial charge in [0.1, 0.15) is 5.54 Å². The number of nitrogens with two attached hydrogens (primary N) is 1. The Morgan fingerprint density at radius 1 is 1.32 bits per heavy atom. The van der Waals surface area contributed by atoms with E-state index in [0.29, 0.717) is 6.54 Å². The van der Waals surface area contributed by atoms with Crippen LogP contribution in [0.2, 0.25) is 0 Å². The Kier molecular flexibility index (Phi) is 7.59. The van der Waals surface area contributed by atoms with Crippen molar-refractivity contribution in [1.29, 1.82) is 0 Å². The summed E-state index contributed by atoms with van der Waals surface area (Å²) in [6, 6.07) is 9.42. The first-order valence-electron chi connectivity index (χ1n) is 6.49. The number of carbonyl (C=O) groups is 1. The molecule has 0 aliphatic rings. The Labute approximate surface area is 143 Å². The average Bonchev–Trinajstić information content (AvgIpc) is 2.84. The summed E-state index contributed by atoms with van der Waals surface area (Å²) in [7, 11) is 3.60. The topological polar surface area (TPSA) is 64.2 Å². The van der Waals surface area contributed by atoms with E-state index >= 15 is 0 Å². The molecule has 0 aliphatic heterocycles. The minimum atomic E-state index is -1.03. The Morgan fingerprint density at radius 2 is 1.91 bits per heavy atom. The van der Waals surface area contributed by atoms with Crippen molar-refractivity contribution in [1.82, 2.24) is 14.7 Å². The van der Waals surface area contributed by atoms with Gasteiger partial charge >= 0.3 is 0 Å². The number of hydrogen-bond acceptors (Lipinski definition) is 3. The van der Waals surface area contributed by atoms with Crippen molar-refractivity contribution in [2.75, 3.05) is 7.05 Å². The Balaban J connectivity index is 0.00000220. The molecule has 1 atom stereocenters. The standard InChI is InChI=1S/C15H20N4O.2ClH/c1-15(16,13-7-5-4-6-8-13)14(20)18(2)10-12-9-17-19(3)11-12;;/h4-9,11H,10,16H2,1-3H3;2*1H. The van der Waals surface area contributed by atoms with Gasteiger partial charge in [-0.1, -0.05) is 30.3 Å². The number of amides is 1. The fraction of sp³-hybridized carbons (Fsp3) is 0.333. The van der Waals surface area contributed by atoms with Crippen molar-refractivity contribution in [3.63, 3.8) is 0 Å². The quantitative estimate of drug-likeness (QED) is 0.923. The minimum Gasteiger partial charge on any atom is -0.339 e. The predicted molar refractivity (Wildman–Crippen MR) is 92.2 cm³/mol. The van der Waals surface area contributed by atoms with Gasteiger partial charge in [0.25, 0.3) is 0 Å². The van der Waals surface area contributed by atoms with Gasteiger partial charge in [0.15, 0.2) is 0 Å². The first-order chi connectivity index (χ1) is 9.41. The molecule has 0 bridgehead atoms. The van der Waals surface area contributed by atoms with Crippen molar-refractivity contribution >= 4 is 30.7 Å². The summed E-state index contributed by atoms with van der Waals surface area (Å²) >= 11 is 0. The van der Waals surface area contributed by atoms with Crippen LogP contribution in [-0.4, -0.2) is 27.6 Å². The highest BCUT2D eigenvalue weighted by Gasteiger charge is 2.32. The normalized spacial score (nSPS) is 12.5. The van der Waals surface area contributed by atoms with Crippen LogP contribution in [0.25, 0.3) is 0 Å². The van der Waals surface area contributed by atoms with E-state index in [1.54, 1.807) is 29.7 Å². The zero-order valence-electron chi connectivity index (χ0n) is 12.9. The largest absolute Gasteiger partial charge is 0.339 e. The van der Waals surface area contributed by atoms with Crippen LogP contribution in [0.3, 0.4) is 0 Å². The smallest absolute Gasteiger partial charge is 0.247 e. The first kappa shape index (κ1) is 20.4. The Hall–Kier alpha value is -1.56. The van der Waals surface area contributed by atoms with Gasteiger partial charge < -0.3 is 10.6 Å². The maximum Gasteiger partial charge on any atom is 0.247 e. The SMILES string of the molecule is CN(Cc1cnn(C)c1)C(=O)C(C)(N)c1ccccc1.Cl.Cl. The molecule has 0 aliphatic carbocycles. The van der Waals surface area contributed by atoms with Crippen LogP contribution in [0, 0.1) is 0 Å². The van der Waals surface area contributed by atoms with E-state index in [0.717, 1.165) is 11.1 Å². The summed E-state index contributed by atoms with van der Waals surface area (Å²) in [5.74, 6) is -0.118. The second-order valence-electron chi connectivity index (χ2n) is 5.25. The number of hydrogen-bond donors (Lipinski definition) is 1. The molecule has 1 aromatic heterocycles. The van der Waals surface area contributed by atoms with Crippen LogP contribution in [-0.2, 0) is 23.9 Å². The molecule has 7 heteroatoms. The molecular formula is C15H22Cl2N4O. The zero-order valence-corrected chi connectivity index (χ0v) is 14.5. The van der Waals surface area contributed by atoms with Gasteiger partial charge in [-0.05, 0) is 12.5 Å². The Bertz CT molecular complexity index is 599. The van der Waals surface area contributed by atoms with Crippen molar-refractivity contribution in [2.45, 2.75) is 19.0 Å². The molecule has 2 N–H and O–H groups in total. The van der Waals surface area contributed by atoms with E-state index in [1.807, 2.05) is 43.6 Å². The molecule has 0 fully saturated rings. The second-order valence-corrected chi connectivity index (χ2v) is 5.25. The summed E-state index contributed by atoms with van der Waals surface area (Å²) in [4.78, 5) is 14.2. The van der Waals surface area contributed by atoms with Crippen LogP contribution in [0.4, 0.5) is 0 Å². The van der Waals surface area contributed by atoms with E-state index in [9.17, 15) is 4.79 Å². The number of benzene rings is 1. The molecule has 2 aromatic rings. The molecule has 2 rings (SSSR count). The molecular weight excluding hydrogens is 323 g/mol. The summed E-state index contributed by atoms with van der Waals surface area (Å²) in [6.07, 6.45) is 3.64. The molecule has 1 unspecified atom stereocenters. The average molecular weight is 345 g/mol. The van der Waals surface area contributed by atoms with E-state index in [1.165, 1.54) is 0 Å². The predicted octanol–water partition coefficient (Wildman–Crippen LogP) is 2.10. The van der Waals surface area contributed by atoms with Crippen LogP contribution in [0.15, 0.2) is 42.7 Å². The number of halogens is 2. The molecule has 1 heterocycles. The number of aryl methyl sites for hydroxylation is 1.